The maximum Gasteiger partial charge on any atom is 0.489 e. The topological polar surface area (TPSA) is 61.7 Å². The zero-order valence-electron chi connectivity index (χ0n) is 6.19. The maximum absolute atomic E-state index is 8.69. The molecule has 1 rings (SSSR count). The van der Waals surface area contributed by atoms with Gasteiger partial charge in [0, 0.05) is 7.11 Å². The van der Waals surface area contributed by atoms with Gasteiger partial charge < -0.3 is 20.1 Å². The van der Waals surface area contributed by atoms with Gasteiger partial charge in [-0.15, -0.1) is 0 Å². The molecular weight excluding hydrogens is 145 g/mol. The van der Waals surface area contributed by atoms with Crippen molar-refractivity contribution in [2.24, 2.45) is 0 Å². The Morgan fingerprint density at radius 3 is 2.73 bits per heavy atom. The molecule has 0 aromatic rings. The molecule has 0 aliphatic carbocycles. The SMILES string of the molecule is CO[C@H]1C=CC(B(O)O)=CN1. The monoisotopic (exact) mass is 155 g/mol. The minimum atomic E-state index is -1.42. The van der Waals surface area contributed by atoms with E-state index in [1.54, 1.807) is 19.3 Å². The van der Waals surface area contributed by atoms with E-state index in [1.165, 1.54) is 6.20 Å². The molecule has 0 saturated heterocycles. The van der Waals surface area contributed by atoms with Crippen molar-refractivity contribution in [1.29, 1.82) is 0 Å². The number of methoxy groups -OCH3 is 1. The molecule has 1 aliphatic rings. The molecular formula is C6H10BNO3. The fourth-order valence-electron chi connectivity index (χ4n) is 0.788. The van der Waals surface area contributed by atoms with Crippen molar-refractivity contribution in [3.05, 3.63) is 23.8 Å². The van der Waals surface area contributed by atoms with Gasteiger partial charge in [-0.1, -0.05) is 6.08 Å². The first-order valence-corrected chi connectivity index (χ1v) is 3.27. The molecule has 4 nitrogen and oxygen atoms in total. The third kappa shape index (κ3) is 2.08. The maximum atomic E-state index is 8.69. The fraction of sp³-hybridized carbons (Fsp3) is 0.333. The summed E-state index contributed by atoms with van der Waals surface area (Å²) >= 11 is 0. The highest BCUT2D eigenvalue weighted by Crippen LogP contribution is 2.04. The molecule has 0 aromatic carbocycles. The summed E-state index contributed by atoms with van der Waals surface area (Å²) < 4.78 is 4.91. The number of hydrogen-bond donors (Lipinski definition) is 3. The van der Waals surface area contributed by atoms with Gasteiger partial charge in [0.2, 0.25) is 0 Å². The van der Waals surface area contributed by atoms with Crippen molar-refractivity contribution in [2.45, 2.75) is 6.23 Å². The Balaban J connectivity index is 2.53. The quantitative estimate of drug-likeness (QED) is 0.448. The van der Waals surface area contributed by atoms with E-state index in [2.05, 4.69) is 5.32 Å². The average molecular weight is 155 g/mol. The normalized spacial score (nSPS) is 22.5. The van der Waals surface area contributed by atoms with Crippen molar-refractivity contribution in [1.82, 2.24) is 5.32 Å². The van der Waals surface area contributed by atoms with Crippen LogP contribution in [0.15, 0.2) is 23.8 Å². The van der Waals surface area contributed by atoms with E-state index in [0.717, 1.165) is 0 Å². The van der Waals surface area contributed by atoms with Gasteiger partial charge >= 0.3 is 7.12 Å². The van der Waals surface area contributed by atoms with Crippen LogP contribution in [0, 0.1) is 0 Å². The number of hydrogen-bond acceptors (Lipinski definition) is 4. The summed E-state index contributed by atoms with van der Waals surface area (Å²) in [5.74, 6) is 0. The summed E-state index contributed by atoms with van der Waals surface area (Å²) in [7, 11) is 0.146. The fourth-order valence-corrected chi connectivity index (χ4v) is 0.788. The van der Waals surface area contributed by atoms with E-state index in [0.29, 0.717) is 5.47 Å². The zero-order chi connectivity index (χ0) is 8.27. The predicted molar refractivity (Wildman–Crippen MR) is 41.3 cm³/mol. The molecule has 60 valence electrons. The van der Waals surface area contributed by atoms with Crippen LogP contribution in [0.1, 0.15) is 0 Å². The molecule has 5 heteroatoms. The molecule has 0 aromatic heterocycles. The Bertz CT molecular complexity index is 190. The van der Waals surface area contributed by atoms with E-state index in [1.807, 2.05) is 0 Å². The number of rotatable bonds is 2. The number of nitrogens with one attached hydrogen (secondary N) is 1. The standard InChI is InChI=1S/C6H10BNO3/c1-11-6-3-2-5(4-8-6)7(9)10/h2-4,6,8-10H,1H3/t6-/m0/s1. The second kappa shape index (κ2) is 3.57. The van der Waals surface area contributed by atoms with Gasteiger partial charge in [0.15, 0.2) is 0 Å². The second-order valence-electron chi connectivity index (χ2n) is 2.20. The van der Waals surface area contributed by atoms with Crippen LogP contribution in [0.2, 0.25) is 0 Å². The van der Waals surface area contributed by atoms with E-state index >= 15 is 0 Å². The highest BCUT2D eigenvalue weighted by atomic mass is 16.5. The van der Waals surface area contributed by atoms with Crippen LogP contribution in [0.3, 0.4) is 0 Å². The van der Waals surface area contributed by atoms with E-state index < -0.39 is 7.12 Å². The average Bonchev–Trinajstić information content (AvgIpc) is 2.05. The third-order valence-electron chi connectivity index (χ3n) is 1.43. The Hall–Kier alpha value is -0.775. The minimum Gasteiger partial charge on any atom is -0.423 e. The smallest absolute Gasteiger partial charge is 0.423 e. The second-order valence-corrected chi connectivity index (χ2v) is 2.20. The molecule has 11 heavy (non-hydrogen) atoms. The van der Waals surface area contributed by atoms with Crippen LogP contribution in [0.25, 0.3) is 0 Å². The lowest BCUT2D eigenvalue weighted by molar-refractivity contribution is 0.123. The van der Waals surface area contributed by atoms with Crippen LogP contribution in [0.4, 0.5) is 0 Å². The molecule has 0 unspecified atom stereocenters. The van der Waals surface area contributed by atoms with Gasteiger partial charge in [0.25, 0.3) is 0 Å². The molecule has 1 aliphatic heterocycles. The summed E-state index contributed by atoms with van der Waals surface area (Å²) in [6.45, 7) is 0. The van der Waals surface area contributed by atoms with Crippen LogP contribution in [0.5, 0.6) is 0 Å². The molecule has 3 N–H and O–H groups in total. The highest BCUT2D eigenvalue weighted by molar-refractivity contribution is 6.51. The van der Waals surface area contributed by atoms with Crippen molar-refractivity contribution in [3.63, 3.8) is 0 Å². The van der Waals surface area contributed by atoms with Crippen molar-refractivity contribution in [2.75, 3.05) is 7.11 Å². The predicted octanol–water partition coefficient (Wildman–Crippen LogP) is -0.986. The van der Waals surface area contributed by atoms with Crippen molar-refractivity contribution in [3.8, 4) is 0 Å². The molecule has 1 atom stereocenters. The molecule has 0 fully saturated rings. The number of allylic oxidation sites excluding steroid dienone is 2. The minimum absolute atomic E-state index is 0.169. The highest BCUT2D eigenvalue weighted by Gasteiger charge is 2.15. The largest absolute Gasteiger partial charge is 0.489 e. The summed E-state index contributed by atoms with van der Waals surface area (Å²) in [5, 5.41) is 20.2. The molecule has 1 heterocycles. The Morgan fingerprint density at radius 1 is 1.64 bits per heavy atom. The lowest BCUT2D eigenvalue weighted by Crippen LogP contribution is -2.29. The van der Waals surface area contributed by atoms with Crippen molar-refractivity contribution < 1.29 is 14.8 Å². The van der Waals surface area contributed by atoms with Crippen LogP contribution >= 0.6 is 0 Å². The lowest BCUT2D eigenvalue weighted by atomic mass is 9.79. The summed E-state index contributed by atoms with van der Waals surface area (Å²) in [5.41, 5.74) is 0.429. The molecule has 0 radical (unpaired) electrons. The van der Waals surface area contributed by atoms with Gasteiger partial charge in [0.05, 0.1) is 0 Å². The van der Waals surface area contributed by atoms with E-state index in [4.69, 9.17) is 14.8 Å². The molecule has 0 bridgehead atoms. The molecule has 0 amide bonds. The van der Waals surface area contributed by atoms with Crippen LogP contribution in [-0.4, -0.2) is 30.5 Å². The van der Waals surface area contributed by atoms with E-state index in [9.17, 15) is 0 Å². The van der Waals surface area contributed by atoms with Gasteiger partial charge in [-0.05, 0) is 17.7 Å². The van der Waals surface area contributed by atoms with Crippen molar-refractivity contribution >= 4 is 7.12 Å². The first-order chi connectivity index (χ1) is 5.24. The van der Waals surface area contributed by atoms with Crippen LogP contribution < -0.4 is 5.32 Å². The van der Waals surface area contributed by atoms with E-state index in [-0.39, 0.29) is 6.23 Å². The first-order valence-electron chi connectivity index (χ1n) is 3.27. The molecule has 0 saturated carbocycles. The van der Waals surface area contributed by atoms with Gasteiger partial charge in [-0.2, -0.15) is 0 Å². The number of dihydropyridines is 1. The van der Waals surface area contributed by atoms with Gasteiger partial charge in [-0.3, -0.25) is 0 Å². The Kier molecular flexibility index (Phi) is 2.70. The summed E-state index contributed by atoms with van der Waals surface area (Å²) in [6, 6.07) is 0. The third-order valence-corrected chi connectivity index (χ3v) is 1.43. The summed E-state index contributed by atoms with van der Waals surface area (Å²) in [4.78, 5) is 0. The first kappa shape index (κ1) is 8.32. The zero-order valence-corrected chi connectivity index (χ0v) is 6.19. The number of ether oxygens (including phenoxy) is 1. The lowest BCUT2D eigenvalue weighted by Gasteiger charge is -2.16. The Morgan fingerprint density at radius 2 is 2.36 bits per heavy atom. The van der Waals surface area contributed by atoms with Crippen LogP contribution in [-0.2, 0) is 4.74 Å². The Labute approximate surface area is 65.3 Å². The molecule has 0 spiro atoms. The van der Waals surface area contributed by atoms with Gasteiger partial charge in [0.1, 0.15) is 6.23 Å². The summed E-state index contributed by atoms with van der Waals surface area (Å²) in [6.07, 6.45) is 4.65. The van der Waals surface area contributed by atoms with Gasteiger partial charge in [-0.25, -0.2) is 0 Å².